The van der Waals surface area contributed by atoms with Gasteiger partial charge in [-0.2, -0.15) is 5.10 Å². The van der Waals surface area contributed by atoms with E-state index in [1.165, 1.54) is 4.68 Å². The van der Waals surface area contributed by atoms with Gasteiger partial charge in [-0.3, -0.25) is 14.9 Å². The van der Waals surface area contributed by atoms with Crippen LogP contribution in [0.15, 0.2) is 21.5 Å². The Labute approximate surface area is 140 Å². The standard InChI is InChI=1S/C17H22N4O3/c1-17(2,3)13-9-14(24-20-13)18-16(23)10-5-6-12-11(7-10)8-15(22)21(4)19-12/h8-10H,5-7H2,1-4H3,(H,18,23). The summed E-state index contributed by atoms with van der Waals surface area (Å²) in [6, 6.07) is 3.33. The lowest BCUT2D eigenvalue weighted by Gasteiger charge is -2.22. The van der Waals surface area contributed by atoms with Gasteiger partial charge in [-0.1, -0.05) is 25.9 Å². The molecule has 128 valence electrons. The molecule has 0 spiro atoms. The van der Waals surface area contributed by atoms with Gasteiger partial charge < -0.3 is 4.52 Å². The van der Waals surface area contributed by atoms with E-state index in [1.807, 2.05) is 20.8 Å². The normalized spacial score (nSPS) is 17.4. The van der Waals surface area contributed by atoms with Crippen molar-refractivity contribution in [2.24, 2.45) is 13.0 Å². The van der Waals surface area contributed by atoms with Gasteiger partial charge >= 0.3 is 0 Å². The van der Waals surface area contributed by atoms with E-state index in [1.54, 1.807) is 19.2 Å². The number of aromatic nitrogens is 3. The summed E-state index contributed by atoms with van der Waals surface area (Å²) in [5.74, 6) is 0.0466. The van der Waals surface area contributed by atoms with Crippen LogP contribution in [-0.4, -0.2) is 20.8 Å². The smallest absolute Gasteiger partial charge is 0.266 e. The van der Waals surface area contributed by atoms with Crippen molar-refractivity contribution in [3.05, 3.63) is 39.4 Å². The number of hydrogen-bond donors (Lipinski definition) is 1. The fourth-order valence-corrected chi connectivity index (χ4v) is 2.82. The van der Waals surface area contributed by atoms with Gasteiger partial charge in [0.15, 0.2) is 0 Å². The molecule has 0 fully saturated rings. The van der Waals surface area contributed by atoms with Crippen LogP contribution in [0.2, 0.25) is 0 Å². The summed E-state index contributed by atoms with van der Waals surface area (Å²) >= 11 is 0. The molecule has 1 N–H and O–H groups in total. The van der Waals surface area contributed by atoms with E-state index in [0.717, 1.165) is 17.0 Å². The Bertz CT molecular complexity index is 829. The van der Waals surface area contributed by atoms with Crippen LogP contribution in [0.5, 0.6) is 0 Å². The molecule has 2 aromatic rings. The van der Waals surface area contributed by atoms with E-state index in [-0.39, 0.29) is 22.8 Å². The van der Waals surface area contributed by atoms with Gasteiger partial charge in [-0.25, -0.2) is 4.68 Å². The van der Waals surface area contributed by atoms with Crippen molar-refractivity contribution >= 4 is 11.8 Å². The molecular weight excluding hydrogens is 308 g/mol. The van der Waals surface area contributed by atoms with Gasteiger partial charge in [-0.15, -0.1) is 0 Å². The summed E-state index contributed by atoms with van der Waals surface area (Å²) in [7, 11) is 1.64. The number of carbonyl (C=O) groups is 1. The lowest BCUT2D eigenvalue weighted by molar-refractivity contribution is -0.120. The molecule has 1 amide bonds. The second-order valence-electron chi connectivity index (χ2n) is 7.33. The third kappa shape index (κ3) is 3.25. The topological polar surface area (TPSA) is 90.0 Å². The minimum absolute atomic E-state index is 0.113. The summed E-state index contributed by atoms with van der Waals surface area (Å²) in [5.41, 5.74) is 2.26. The van der Waals surface area contributed by atoms with E-state index in [4.69, 9.17) is 4.52 Å². The second-order valence-corrected chi connectivity index (χ2v) is 7.33. The number of carbonyl (C=O) groups excluding carboxylic acids is 1. The molecular formula is C17H22N4O3. The van der Waals surface area contributed by atoms with E-state index < -0.39 is 0 Å². The second kappa shape index (κ2) is 5.89. The fraction of sp³-hybridized carbons (Fsp3) is 0.529. The first-order valence-corrected chi connectivity index (χ1v) is 8.08. The zero-order valence-corrected chi connectivity index (χ0v) is 14.4. The lowest BCUT2D eigenvalue weighted by Crippen LogP contribution is -2.31. The highest BCUT2D eigenvalue weighted by molar-refractivity contribution is 5.91. The number of anilines is 1. The SMILES string of the molecule is Cn1nc2c(cc1=O)CC(C(=O)Nc1cc(C(C)(C)C)no1)CC2. The van der Waals surface area contributed by atoms with Gasteiger partial charge in [0.25, 0.3) is 5.56 Å². The Morgan fingerprint density at radius 1 is 1.38 bits per heavy atom. The van der Waals surface area contributed by atoms with Crippen LogP contribution in [0.4, 0.5) is 5.88 Å². The molecule has 0 bridgehead atoms. The highest BCUT2D eigenvalue weighted by Gasteiger charge is 2.27. The first-order chi connectivity index (χ1) is 11.2. The summed E-state index contributed by atoms with van der Waals surface area (Å²) in [4.78, 5) is 24.2. The number of amides is 1. The molecule has 2 heterocycles. The van der Waals surface area contributed by atoms with Crippen LogP contribution >= 0.6 is 0 Å². The van der Waals surface area contributed by atoms with Crippen LogP contribution in [0, 0.1) is 5.92 Å². The fourth-order valence-electron chi connectivity index (χ4n) is 2.82. The van der Waals surface area contributed by atoms with Crippen LogP contribution in [-0.2, 0) is 30.1 Å². The number of fused-ring (bicyclic) bond motifs is 1. The molecule has 7 nitrogen and oxygen atoms in total. The number of nitrogens with one attached hydrogen (secondary N) is 1. The zero-order valence-electron chi connectivity index (χ0n) is 14.4. The number of nitrogens with zero attached hydrogens (tertiary/aromatic N) is 3. The third-order valence-electron chi connectivity index (χ3n) is 4.35. The van der Waals surface area contributed by atoms with Crippen molar-refractivity contribution in [3.8, 4) is 0 Å². The molecule has 0 saturated carbocycles. The van der Waals surface area contributed by atoms with Gasteiger partial charge in [-0.05, 0) is 24.8 Å². The largest absolute Gasteiger partial charge is 0.338 e. The molecule has 24 heavy (non-hydrogen) atoms. The molecule has 1 unspecified atom stereocenters. The highest BCUT2D eigenvalue weighted by atomic mass is 16.5. The molecule has 1 aliphatic carbocycles. The van der Waals surface area contributed by atoms with E-state index in [0.29, 0.717) is 25.1 Å². The van der Waals surface area contributed by atoms with E-state index >= 15 is 0 Å². The van der Waals surface area contributed by atoms with Gasteiger partial charge in [0, 0.05) is 30.5 Å². The van der Waals surface area contributed by atoms with Crippen molar-refractivity contribution in [2.75, 3.05) is 5.32 Å². The van der Waals surface area contributed by atoms with Gasteiger partial charge in [0.05, 0.1) is 11.4 Å². The van der Waals surface area contributed by atoms with E-state index in [9.17, 15) is 9.59 Å². The minimum atomic E-state index is -0.199. The van der Waals surface area contributed by atoms with Crippen molar-refractivity contribution in [1.29, 1.82) is 0 Å². The van der Waals surface area contributed by atoms with Crippen LogP contribution in [0.3, 0.4) is 0 Å². The Balaban J connectivity index is 1.71. The average Bonchev–Trinajstić information content (AvgIpc) is 2.96. The number of rotatable bonds is 2. The maximum atomic E-state index is 12.5. The average molecular weight is 330 g/mol. The summed E-state index contributed by atoms with van der Waals surface area (Å²) in [6.45, 7) is 6.09. The van der Waals surface area contributed by atoms with E-state index in [2.05, 4.69) is 15.6 Å². The molecule has 1 atom stereocenters. The minimum Gasteiger partial charge on any atom is -0.338 e. The van der Waals surface area contributed by atoms with Crippen molar-refractivity contribution < 1.29 is 9.32 Å². The van der Waals surface area contributed by atoms with Crippen molar-refractivity contribution in [1.82, 2.24) is 14.9 Å². The predicted molar refractivity (Wildman–Crippen MR) is 88.8 cm³/mol. The molecule has 3 rings (SSSR count). The first kappa shape index (κ1) is 16.4. The van der Waals surface area contributed by atoms with Crippen molar-refractivity contribution in [2.45, 2.75) is 45.4 Å². The molecule has 1 aliphatic rings. The van der Waals surface area contributed by atoms with Crippen LogP contribution < -0.4 is 10.9 Å². The van der Waals surface area contributed by atoms with Crippen LogP contribution in [0.1, 0.15) is 44.1 Å². The van der Waals surface area contributed by atoms with Gasteiger partial charge in [0.2, 0.25) is 11.8 Å². The molecule has 0 radical (unpaired) electrons. The number of hydrogen-bond acceptors (Lipinski definition) is 5. The molecule has 0 aliphatic heterocycles. The maximum Gasteiger partial charge on any atom is 0.266 e. The molecule has 2 aromatic heterocycles. The monoisotopic (exact) mass is 330 g/mol. The van der Waals surface area contributed by atoms with Gasteiger partial charge in [0.1, 0.15) is 0 Å². The Hall–Kier alpha value is -2.44. The molecule has 0 saturated heterocycles. The summed E-state index contributed by atoms with van der Waals surface area (Å²) < 4.78 is 6.54. The Kier molecular flexibility index (Phi) is 4.03. The van der Waals surface area contributed by atoms with Crippen LogP contribution in [0.25, 0.3) is 0 Å². The van der Waals surface area contributed by atoms with Crippen molar-refractivity contribution in [3.63, 3.8) is 0 Å². The third-order valence-corrected chi connectivity index (χ3v) is 4.35. The summed E-state index contributed by atoms with van der Waals surface area (Å²) in [5, 5.41) is 11.1. The number of aryl methyl sites for hydroxylation is 2. The lowest BCUT2D eigenvalue weighted by atomic mass is 9.86. The predicted octanol–water partition coefficient (Wildman–Crippen LogP) is 1.81. The summed E-state index contributed by atoms with van der Waals surface area (Å²) in [6.07, 6.45) is 1.90. The molecule has 7 heteroatoms. The Morgan fingerprint density at radius 2 is 2.12 bits per heavy atom. The highest BCUT2D eigenvalue weighted by Crippen LogP contribution is 2.26. The molecule has 0 aromatic carbocycles. The quantitative estimate of drug-likeness (QED) is 0.907. The first-order valence-electron chi connectivity index (χ1n) is 8.08. The maximum absolute atomic E-state index is 12.5. The zero-order chi connectivity index (χ0) is 17.5. The Morgan fingerprint density at radius 3 is 2.79 bits per heavy atom.